The van der Waals surface area contributed by atoms with Crippen LogP contribution in [-0.2, 0) is 6.42 Å². The first-order chi connectivity index (χ1) is 9.15. The maximum atomic E-state index is 9.21. The smallest absolute Gasteiger partial charge is 0.101 e. The Balaban J connectivity index is 2.45. The molecule has 0 amide bonds. The van der Waals surface area contributed by atoms with Gasteiger partial charge in [-0.05, 0) is 42.7 Å². The molecule has 0 fully saturated rings. The van der Waals surface area contributed by atoms with Gasteiger partial charge in [0.2, 0.25) is 0 Å². The predicted octanol–water partition coefficient (Wildman–Crippen LogP) is 4.94. The summed E-state index contributed by atoms with van der Waals surface area (Å²) in [6.07, 6.45) is 0.961. The molecule has 0 aromatic heterocycles. The number of anilines is 2. The molecule has 0 saturated heterocycles. The molecule has 2 aromatic rings. The van der Waals surface area contributed by atoms with Gasteiger partial charge in [-0.1, -0.05) is 41.1 Å². The van der Waals surface area contributed by atoms with E-state index in [0.29, 0.717) is 5.56 Å². The quantitative estimate of drug-likeness (QED) is 0.871. The van der Waals surface area contributed by atoms with E-state index in [-0.39, 0.29) is 0 Å². The molecule has 0 heterocycles. The van der Waals surface area contributed by atoms with E-state index in [1.165, 1.54) is 11.1 Å². The first-order valence-corrected chi connectivity index (χ1v) is 7.00. The molecular weight excluding hydrogens is 300 g/mol. The van der Waals surface area contributed by atoms with Gasteiger partial charge in [0.25, 0.3) is 0 Å². The fourth-order valence-corrected chi connectivity index (χ4v) is 2.42. The van der Waals surface area contributed by atoms with Crippen LogP contribution >= 0.6 is 15.9 Å². The van der Waals surface area contributed by atoms with E-state index in [2.05, 4.69) is 59.4 Å². The highest BCUT2D eigenvalue weighted by Gasteiger charge is 2.08. The van der Waals surface area contributed by atoms with Crippen molar-refractivity contribution in [2.24, 2.45) is 0 Å². The highest BCUT2D eigenvalue weighted by Crippen LogP contribution is 2.28. The number of benzene rings is 2. The Kier molecular flexibility index (Phi) is 4.24. The summed E-state index contributed by atoms with van der Waals surface area (Å²) in [6.45, 7) is 4.21. The Hall–Kier alpha value is -1.79. The van der Waals surface area contributed by atoms with Gasteiger partial charge in [-0.3, -0.25) is 0 Å². The molecule has 1 N–H and O–H groups in total. The molecule has 0 spiro atoms. The van der Waals surface area contributed by atoms with Crippen LogP contribution in [-0.4, -0.2) is 0 Å². The topological polar surface area (TPSA) is 35.8 Å². The monoisotopic (exact) mass is 314 g/mol. The number of nitrogens with zero attached hydrogens (tertiary/aromatic N) is 1. The van der Waals surface area contributed by atoms with Gasteiger partial charge in [-0.2, -0.15) is 5.26 Å². The summed E-state index contributed by atoms with van der Waals surface area (Å²) in [7, 11) is 0. The fraction of sp³-hybridized carbons (Fsp3) is 0.188. The summed E-state index contributed by atoms with van der Waals surface area (Å²) in [5.74, 6) is 0. The van der Waals surface area contributed by atoms with Crippen LogP contribution in [0, 0.1) is 18.3 Å². The fourth-order valence-electron chi connectivity index (χ4n) is 2.05. The lowest BCUT2D eigenvalue weighted by Crippen LogP contribution is -1.99. The van der Waals surface area contributed by atoms with Crippen molar-refractivity contribution in [3.8, 4) is 6.07 Å². The summed E-state index contributed by atoms with van der Waals surface area (Å²) in [5, 5.41) is 12.6. The molecule has 0 unspecified atom stereocenters. The van der Waals surface area contributed by atoms with Gasteiger partial charge in [0.05, 0.1) is 11.3 Å². The van der Waals surface area contributed by atoms with Crippen molar-refractivity contribution < 1.29 is 0 Å². The van der Waals surface area contributed by atoms with Crippen LogP contribution in [0.15, 0.2) is 40.9 Å². The van der Waals surface area contributed by atoms with E-state index in [4.69, 9.17) is 0 Å². The maximum absolute atomic E-state index is 9.21. The number of halogens is 1. The average molecular weight is 315 g/mol. The largest absolute Gasteiger partial charge is 0.354 e. The number of hydrogen-bond donors (Lipinski definition) is 1. The van der Waals surface area contributed by atoms with Crippen molar-refractivity contribution >= 4 is 27.3 Å². The third kappa shape index (κ3) is 2.97. The number of nitriles is 1. The normalized spacial score (nSPS) is 10.0. The van der Waals surface area contributed by atoms with Gasteiger partial charge in [-0.15, -0.1) is 0 Å². The summed E-state index contributed by atoms with van der Waals surface area (Å²) < 4.78 is 0.912. The van der Waals surface area contributed by atoms with Gasteiger partial charge in [0, 0.05) is 10.2 Å². The molecule has 0 saturated carbocycles. The Morgan fingerprint density at radius 2 is 2.05 bits per heavy atom. The van der Waals surface area contributed by atoms with Crippen LogP contribution in [0.3, 0.4) is 0 Å². The third-order valence-electron chi connectivity index (χ3n) is 3.10. The number of aryl methyl sites for hydroxylation is 2. The van der Waals surface area contributed by atoms with E-state index in [0.717, 1.165) is 22.3 Å². The second kappa shape index (κ2) is 5.90. The highest BCUT2D eigenvalue weighted by molar-refractivity contribution is 9.10. The summed E-state index contributed by atoms with van der Waals surface area (Å²) in [6, 6.07) is 14.2. The molecule has 96 valence electrons. The van der Waals surface area contributed by atoms with Crippen LogP contribution in [0.25, 0.3) is 0 Å². The first kappa shape index (κ1) is 13.6. The van der Waals surface area contributed by atoms with E-state index >= 15 is 0 Å². The molecule has 2 nitrogen and oxygen atoms in total. The van der Waals surface area contributed by atoms with Crippen LogP contribution < -0.4 is 5.32 Å². The van der Waals surface area contributed by atoms with Crippen molar-refractivity contribution in [1.29, 1.82) is 5.26 Å². The molecule has 0 bridgehead atoms. The van der Waals surface area contributed by atoms with Crippen molar-refractivity contribution in [3.05, 3.63) is 57.6 Å². The maximum Gasteiger partial charge on any atom is 0.101 e. The van der Waals surface area contributed by atoms with Crippen molar-refractivity contribution in [2.45, 2.75) is 20.3 Å². The number of nitrogens with one attached hydrogen (secondary N) is 1. The van der Waals surface area contributed by atoms with Gasteiger partial charge in [-0.25, -0.2) is 0 Å². The van der Waals surface area contributed by atoms with Crippen LogP contribution in [0.5, 0.6) is 0 Å². The van der Waals surface area contributed by atoms with E-state index in [9.17, 15) is 5.26 Å². The second-order valence-electron chi connectivity index (χ2n) is 4.39. The average Bonchev–Trinajstić information content (AvgIpc) is 2.42. The highest BCUT2D eigenvalue weighted by atomic mass is 79.9. The van der Waals surface area contributed by atoms with Gasteiger partial charge in [0.1, 0.15) is 6.07 Å². The number of hydrogen-bond acceptors (Lipinski definition) is 2. The summed E-state index contributed by atoms with van der Waals surface area (Å²) in [5.41, 5.74) is 5.02. The lowest BCUT2D eigenvalue weighted by Gasteiger charge is -2.15. The third-order valence-corrected chi connectivity index (χ3v) is 3.59. The van der Waals surface area contributed by atoms with Gasteiger partial charge < -0.3 is 5.32 Å². The molecule has 0 radical (unpaired) electrons. The first-order valence-electron chi connectivity index (χ1n) is 6.21. The number of para-hydroxylation sites is 1. The van der Waals surface area contributed by atoms with E-state index < -0.39 is 0 Å². The number of rotatable bonds is 3. The van der Waals surface area contributed by atoms with Crippen molar-refractivity contribution in [2.75, 3.05) is 5.32 Å². The minimum atomic E-state index is 0.639. The Morgan fingerprint density at radius 3 is 2.74 bits per heavy atom. The van der Waals surface area contributed by atoms with Crippen LogP contribution in [0.4, 0.5) is 11.4 Å². The van der Waals surface area contributed by atoms with E-state index in [1.807, 2.05) is 18.2 Å². The predicted molar refractivity (Wildman–Crippen MR) is 82.7 cm³/mol. The Morgan fingerprint density at radius 1 is 1.26 bits per heavy atom. The standard InChI is InChI=1S/C16H15BrN2/c1-3-12-6-4-5-11(2)16(12)19-15-8-7-14(17)9-13(15)10-18/h4-9,19H,3H2,1-2H3. The molecule has 0 aliphatic heterocycles. The molecule has 0 atom stereocenters. The molecular formula is C16H15BrN2. The van der Waals surface area contributed by atoms with Crippen molar-refractivity contribution in [3.63, 3.8) is 0 Å². The molecule has 3 heteroatoms. The van der Waals surface area contributed by atoms with E-state index in [1.54, 1.807) is 0 Å². The van der Waals surface area contributed by atoms with Crippen LogP contribution in [0.1, 0.15) is 23.6 Å². The van der Waals surface area contributed by atoms with Gasteiger partial charge in [0.15, 0.2) is 0 Å². The lowest BCUT2D eigenvalue weighted by molar-refractivity contribution is 1.13. The zero-order chi connectivity index (χ0) is 13.8. The molecule has 0 aliphatic carbocycles. The lowest BCUT2D eigenvalue weighted by atomic mass is 10.0. The van der Waals surface area contributed by atoms with Gasteiger partial charge >= 0.3 is 0 Å². The zero-order valence-corrected chi connectivity index (χ0v) is 12.6. The molecule has 2 rings (SSSR count). The molecule has 2 aromatic carbocycles. The Bertz CT molecular complexity index is 642. The Labute approximate surface area is 122 Å². The molecule has 19 heavy (non-hydrogen) atoms. The summed E-state index contributed by atoms with van der Waals surface area (Å²) >= 11 is 3.39. The van der Waals surface area contributed by atoms with Crippen LogP contribution in [0.2, 0.25) is 0 Å². The zero-order valence-electron chi connectivity index (χ0n) is 11.0. The van der Waals surface area contributed by atoms with Crippen molar-refractivity contribution in [1.82, 2.24) is 0 Å². The SMILES string of the molecule is CCc1cccc(C)c1Nc1ccc(Br)cc1C#N. The summed E-state index contributed by atoms with van der Waals surface area (Å²) in [4.78, 5) is 0. The second-order valence-corrected chi connectivity index (χ2v) is 5.30. The molecule has 0 aliphatic rings. The minimum Gasteiger partial charge on any atom is -0.354 e. The minimum absolute atomic E-state index is 0.639.